The number of amides is 1. The van der Waals surface area contributed by atoms with Gasteiger partial charge in [-0.2, -0.15) is 0 Å². The maximum atomic E-state index is 13.2. The molecule has 0 saturated heterocycles. The van der Waals surface area contributed by atoms with Gasteiger partial charge in [0, 0.05) is 10.9 Å². The van der Waals surface area contributed by atoms with Crippen LogP contribution in [0, 0.1) is 12.7 Å². The molecule has 0 atom stereocenters. The van der Waals surface area contributed by atoms with Crippen LogP contribution in [0.5, 0.6) is 0 Å². The number of aromatic amines is 1. The van der Waals surface area contributed by atoms with Gasteiger partial charge in [0.15, 0.2) is 0 Å². The highest BCUT2D eigenvalue weighted by Gasteiger charge is 2.16. The van der Waals surface area contributed by atoms with Crippen LogP contribution in [0.3, 0.4) is 0 Å². The van der Waals surface area contributed by atoms with Gasteiger partial charge in [-0.25, -0.2) is 4.39 Å². The molecule has 1 aromatic heterocycles. The average Bonchev–Trinajstić information content (AvgIpc) is 2.78. The van der Waals surface area contributed by atoms with Gasteiger partial charge < -0.3 is 10.3 Å². The molecule has 2 N–H and O–H groups in total. The van der Waals surface area contributed by atoms with Crippen molar-refractivity contribution in [1.29, 1.82) is 0 Å². The Hall–Kier alpha value is -2.33. The van der Waals surface area contributed by atoms with Crippen molar-refractivity contribution in [2.24, 2.45) is 0 Å². The first-order chi connectivity index (χ1) is 10.1. The Balaban J connectivity index is 1.98. The molecule has 0 bridgehead atoms. The van der Waals surface area contributed by atoms with Gasteiger partial charge in [0.05, 0.1) is 10.7 Å². The number of H-pyrrole nitrogens is 1. The average molecular weight is 303 g/mol. The van der Waals surface area contributed by atoms with Crippen molar-refractivity contribution in [2.75, 3.05) is 5.32 Å². The zero-order valence-electron chi connectivity index (χ0n) is 11.2. The van der Waals surface area contributed by atoms with Crippen LogP contribution < -0.4 is 5.32 Å². The lowest BCUT2D eigenvalue weighted by atomic mass is 10.1. The number of aryl methyl sites for hydroxylation is 1. The van der Waals surface area contributed by atoms with Crippen LogP contribution >= 0.6 is 11.6 Å². The molecule has 0 aliphatic heterocycles. The monoisotopic (exact) mass is 302 g/mol. The third-order valence-corrected chi connectivity index (χ3v) is 3.70. The van der Waals surface area contributed by atoms with Crippen molar-refractivity contribution < 1.29 is 9.18 Å². The molecule has 0 fully saturated rings. The molecule has 3 nitrogen and oxygen atoms in total. The molecule has 0 radical (unpaired) electrons. The molecule has 106 valence electrons. The number of rotatable bonds is 2. The summed E-state index contributed by atoms with van der Waals surface area (Å²) >= 11 is 6.02. The summed E-state index contributed by atoms with van der Waals surface area (Å²) in [5, 5.41) is 4.03. The first kappa shape index (κ1) is 13.6. The van der Waals surface area contributed by atoms with Crippen LogP contribution in [0.2, 0.25) is 5.02 Å². The van der Waals surface area contributed by atoms with Crippen molar-refractivity contribution in [2.45, 2.75) is 6.92 Å². The van der Waals surface area contributed by atoms with Crippen molar-refractivity contribution >= 4 is 34.1 Å². The Morgan fingerprint density at radius 2 is 2.00 bits per heavy atom. The molecular formula is C16H12ClFN2O. The number of hydrogen-bond donors (Lipinski definition) is 2. The topological polar surface area (TPSA) is 44.9 Å². The number of fused-ring (bicyclic) bond motifs is 1. The molecule has 1 heterocycles. The number of nitrogens with one attached hydrogen (secondary N) is 2. The zero-order chi connectivity index (χ0) is 15.0. The lowest BCUT2D eigenvalue weighted by Crippen LogP contribution is -2.13. The highest BCUT2D eigenvalue weighted by molar-refractivity contribution is 6.33. The number of anilines is 1. The SMILES string of the molecule is Cc1c(C(=O)Nc2ccccc2Cl)[nH]c2cc(F)ccc12. The number of para-hydroxylation sites is 1. The summed E-state index contributed by atoms with van der Waals surface area (Å²) in [7, 11) is 0. The van der Waals surface area contributed by atoms with Crippen LogP contribution in [0.15, 0.2) is 42.5 Å². The summed E-state index contributed by atoms with van der Waals surface area (Å²) in [5.74, 6) is -0.654. The predicted molar refractivity (Wildman–Crippen MR) is 82.4 cm³/mol. The van der Waals surface area contributed by atoms with Crippen LogP contribution in [0.4, 0.5) is 10.1 Å². The van der Waals surface area contributed by atoms with Crippen molar-refractivity contribution in [3.05, 3.63) is 64.6 Å². The third kappa shape index (κ3) is 2.50. The Morgan fingerprint density at radius 1 is 1.24 bits per heavy atom. The lowest BCUT2D eigenvalue weighted by molar-refractivity contribution is 0.102. The summed E-state index contributed by atoms with van der Waals surface area (Å²) < 4.78 is 13.2. The largest absolute Gasteiger partial charge is 0.350 e. The van der Waals surface area contributed by atoms with E-state index < -0.39 is 0 Å². The van der Waals surface area contributed by atoms with Gasteiger partial charge >= 0.3 is 0 Å². The standard InChI is InChI=1S/C16H12ClFN2O/c1-9-11-7-6-10(18)8-14(11)19-15(9)16(21)20-13-5-3-2-4-12(13)17/h2-8,19H,1H3,(H,20,21). The summed E-state index contributed by atoms with van der Waals surface area (Å²) in [6, 6.07) is 11.4. The van der Waals surface area contributed by atoms with Gasteiger partial charge in [-0.05, 0) is 42.8 Å². The van der Waals surface area contributed by atoms with E-state index >= 15 is 0 Å². The van der Waals surface area contributed by atoms with Crippen molar-refractivity contribution in [3.63, 3.8) is 0 Å². The fourth-order valence-electron chi connectivity index (χ4n) is 2.28. The molecular weight excluding hydrogens is 291 g/mol. The fraction of sp³-hybridized carbons (Fsp3) is 0.0625. The van der Waals surface area contributed by atoms with Crippen LogP contribution in [-0.4, -0.2) is 10.9 Å². The number of benzene rings is 2. The predicted octanol–water partition coefficient (Wildman–Crippen LogP) is 4.52. The summed E-state index contributed by atoms with van der Waals surface area (Å²) in [6.07, 6.45) is 0. The molecule has 2 aromatic carbocycles. The minimum absolute atomic E-state index is 0.308. The Bertz CT molecular complexity index is 841. The maximum absolute atomic E-state index is 13.2. The molecule has 21 heavy (non-hydrogen) atoms. The Morgan fingerprint density at radius 3 is 2.76 bits per heavy atom. The second kappa shape index (κ2) is 5.22. The van der Waals surface area contributed by atoms with E-state index in [1.54, 1.807) is 30.3 Å². The summed E-state index contributed by atoms with van der Waals surface area (Å²) in [4.78, 5) is 15.3. The van der Waals surface area contributed by atoms with Gasteiger partial charge in [-0.15, -0.1) is 0 Å². The number of carbonyl (C=O) groups excluding carboxylic acids is 1. The van der Waals surface area contributed by atoms with E-state index in [4.69, 9.17) is 11.6 Å². The van der Waals surface area contributed by atoms with Gasteiger partial charge in [-0.1, -0.05) is 23.7 Å². The molecule has 0 unspecified atom stereocenters. The van der Waals surface area contributed by atoms with E-state index in [0.29, 0.717) is 21.9 Å². The molecule has 0 aliphatic carbocycles. The van der Waals surface area contributed by atoms with Crippen LogP contribution in [0.1, 0.15) is 16.1 Å². The minimum Gasteiger partial charge on any atom is -0.350 e. The van der Waals surface area contributed by atoms with Gasteiger partial charge in [0.25, 0.3) is 5.91 Å². The van der Waals surface area contributed by atoms with Gasteiger partial charge in [0.2, 0.25) is 0 Å². The second-order valence-corrected chi connectivity index (χ2v) is 5.16. The number of halogens is 2. The zero-order valence-corrected chi connectivity index (χ0v) is 12.0. The minimum atomic E-state index is -0.346. The Labute approximate surface area is 125 Å². The normalized spacial score (nSPS) is 10.8. The molecule has 0 aliphatic rings. The van der Waals surface area contributed by atoms with E-state index in [1.807, 2.05) is 6.92 Å². The molecule has 3 aromatic rings. The number of aromatic nitrogens is 1. The van der Waals surface area contributed by atoms with Crippen LogP contribution in [-0.2, 0) is 0 Å². The first-order valence-corrected chi connectivity index (χ1v) is 6.78. The Kier molecular flexibility index (Phi) is 3.39. The highest BCUT2D eigenvalue weighted by atomic mass is 35.5. The molecule has 0 spiro atoms. The smallest absolute Gasteiger partial charge is 0.272 e. The first-order valence-electron chi connectivity index (χ1n) is 6.40. The highest BCUT2D eigenvalue weighted by Crippen LogP contribution is 2.25. The molecule has 3 rings (SSSR count). The summed E-state index contributed by atoms with van der Waals surface area (Å²) in [6.45, 7) is 1.82. The van der Waals surface area contributed by atoms with Crippen molar-refractivity contribution in [3.8, 4) is 0 Å². The van der Waals surface area contributed by atoms with Crippen LogP contribution in [0.25, 0.3) is 10.9 Å². The van der Waals surface area contributed by atoms with E-state index in [1.165, 1.54) is 12.1 Å². The number of carbonyl (C=O) groups is 1. The lowest BCUT2D eigenvalue weighted by Gasteiger charge is -2.06. The third-order valence-electron chi connectivity index (χ3n) is 3.37. The molecule has 0 saturated carbocycles. The van der Waals surface area contributed by atoms with Gasteiger partial charge in [0.1, 0.15) is 11.5 Å². The van der Waals surface area contributed by atoms with Crippen molar-refractivity contribution in [1.82, 2.24) is 4.98 Å². The van der Waals surface area contributed by atoms with Gasteiger partial charge in [-0.3, -0.25) is 4.79 Å². The number of hydrogen-bond acceptors (Lipinski definition) is 1. The van der Waals surface area contributed by atoms with E-state index in [9.17, 15) is 9.18 Å². The van der Waals surface area contributed by atoms with E-state index in [0.717, 1.165) is 10.9 Å². The fourth-order valence-corrected chi connectivity index (χ4v) is 2.47. The maximum Gasteiger partial charge on any atom is 0.272 e. The van der Waals surface area contributed by atoms with E-state index in [2.05, 4.69) is 10.3 Å². The van der Waals surface area contributed by atoms with E-state index in [-0.39, 0.29) is 11.7 Å². The summed E-state index contributed by atoms with van der Waals surface area (Å²) in [5.41, 5.74) is 2.30. The molecule has 5 heteroatoms. The second-order valence-electron chi connectivity index (χ2n) is 4.75. The quantitative estimate of drug-likeness (QED) is 0.718. The molecule has 1 amide bonds.